The molecule has 3 N–H and O–H groups in total. The lowest BCUT2D eigenvalue weighted by atomic mass is 10.0. The third kappa shape index (κ3) is 49.0. The number of phosphoric ester groups is 1. The lowest BCUT2D eigenvalue weighted by Gasteiger charge is -2.26. The smallest absolute Gasteiger partial charge is 0.391 e. The van der Waals surface area contributed by atoms with Gasteiger partial charge in [-0.1, -0.05) is 244 Å². The van der Waals surface area contributed by atoms with Gasteiger partial charge >= 0.3 is 7.82 Å². The molecule has 0 fully saturated rings. The molecule has 0 saturated heterocycles. The Kier molecular flexibility index (Phi) is 45.8. The number of unbranched alkanes of at least 4 members (excludes halogenated alkanes) is 36. The van der Waals surface area contributed by atoms with Gasteiger partial charge in [-0.05, 0) is 38.5 Å². The molecule has 376 valence electrons. The first kappa shape index (κ1) is 62.2. The van der Waals surface area contributed by atoms with Gasteiger partial charge in [0.15, 0.2) is 0 Å². The number of carbonyl (C=O) groups is 1. The van der Waals surface area contributed by atoms with Crippen LogP contribution in [0.1, 0.15) is 277 Å². The number of hydrogen-bond donors (Lipinski definition) is 3. The standard InChI is InChI=1S/C54H109N2O6P/c1-6-8-10-12-14-16-18-20-21-22-23-24-25-26-27-28-29-30-31-32-33-34-36-37-39-41-43-45-47-53(57)52(51-62-63(59,60)61-50-49-56(3,4)5)55-54(58)48-46-44-42-40-38-35-19-17-15-13-11-9-7-2/h17,19,52-53,57H,6-16,18,20-51H2,1-5H3,(H-,55,58,59,60)/p+1/b19-17-. The fraction of sp³-hybridized carbons (Fsp3) is 0.944. The minimum Gasteiger partial charge on any atom is -0.391 e. The zero-order valence-electron chi connectivity index (χ0n) is 42.8. The Morgan fingerprint density at radius 1 is 0.524 bits per heavy atom. The number of quaternary nitrogens is 1. The minimum absolute atomic E-state index is 0.0752. The molecule has 3 atom stereocenters. The molecule has 0 rings (SSSR count). The first-order valence-electron chi connectivity index (χ1n) is 27.6. The summed E-state index contributed by atoms with van der Waals surface area (Å²) >= 11 is 0. The van der Waals surface area contributed by atoms with Crippen LogP contribution in [-0.2, 0) is 18.4 Å². The van der Waals surface area contributed by atoms with Crippen LogP contribution in [0, 0.1) is 0 Å². The van der Waals surface area contributed by atoms with E-state index < -0.39 is 20.0 Å². The number of aliphatic hydroxyl groups is 1. The van der Waals surface area contributed by atoms with Crippen LogP contribution in [-0.4, -0.2) is 73.4 Å². The average molecular weight is 914 g/mol. The van der Waals surface area contributed by atoms with Crippen molar-refractivity contribution in [2.45, 2.75) is 289 Å². The van der Waals surface area contributed by atoms with Crippen LogP contribution in [0.5, 0.6) is 0 Å². The second-order valence-electron chi connectivity index (χ2n) is 20.3. The van der Waals surface area contributed by atoms with E-state index in [0.29, 0.717) is 23.9 Å². The van der Waals surface area contributed by atoms with E-state index in [-0.39, 0.29) is 19.1 Å². The molecule has 0 bridgehead atoms. The van der Waals surface area contributed by atoms with Gasteiger partial charge in [0.25, 0.3) is 0 Å². The minimum atomic E-state index is -4.32. The van der Waals surface area contributed by atoms with Gasteiger partial charge in [0.2, 0.25) is 5.91 Å². The monoisotopic (exact) mass is 914 g/mol. The van der Waals surface area contributed by atoms with Crippen LogP contribution in [0.3, 0.4) is 0 Å². The predicted molar refractivity (Wildman–Crippen MR) is 272 cm³/mol. The molecule has 63 heavy (non-hydrogen) atoms. The quantitative estimate of drug-likeness (QED) is 0.0243. The number of nitrogens with zero attached hydrogens (tertiary/aromatic N) is 1. The largest absolute Gasteiger partial charge is 0.472 e. The van der Waals surface area contributed by atoms with E-state index in [2.05, 4.69) is 31.3 Å². The summed E-state index contributed by atoms with van der Waals surface area (Å²) < 4.78 is 23.7. The molecule has 0 aromatic rings. The molecular formula is C54H110N2O6P+. The van der Waals surface area contributed by atoms with Gasteiger partial charge in [0, 0.05) is 6.42 Å². The van der Waals surface area contributed by atoms with Gasteiger partial charge in [-0.2, -0.15) is 0 Å². The number of nitrogens with one attached hydrogen (secondary N) is 1. The Balaban J connectivity index is 4.07. The van der Waals surface area contributed by atoms with Crippen molar-refractivity contribution in [1.29, 1.82) is 0 Å². The summed E-state index contributed by atoms with van der Waals surface area (Å²) in [5.41, 5.74) is 0. The van der Waals surface area contributed by atoms with E-state index >= 15 is 0 Å². The van der Waals surface area contributed by atoms with E-state index in [1.165, 1.54) is 199 Å². The van der Waals surface area contributed by atoms with Crippen molar-refractivity contribution < 1.29 is 32.9 Å². The third-order valence-corrected chi connectivity index (χ3v) is 13.7. The fourth-order valence-corrected chi connectivity index (χ4v) is 9.13. The van der Waals surface area contributed by atoms with E-state index in [9.17, 15) is 19.4 Å². The maximum absolute atomic E-state index is 12.9. The Hall–Kier alpha value is -0.760. The highest BCUT2D eigenvalue weighted by Crippen LogP contribution is 2.43. The maximum Gasteiger partial charge on any atom is 0.472 e. The number of likely N-dealkylation sites (N-methyl/N-ethyl adjacent to an activating group) is 1. The van der Waals surface area contributed by atoms with Gasteiger partial charge in [-0.15, -0.1) is 0 Å². The van der Waals surface area contributed by atoms with Gasteiger partial charge in [0.1, 0.15) is 13.2 Å². The Bertz CT molecular complexity index is 1040. The summed E-state index contributed by atoms with van der Waals surface area (Å²) in [7, 11) is 1.62. The highest BCUT2D eigenvalue weighted by molar-refractivity contribution is 7.47. The van der Waals surface area contributed by atoms with E-state index in [0.717, 1.165) is 51.4 Å². The topological polar surface area (TPSA) is 105 Å². The zero-order valence-corrected chi connectivity index (χ0v) is 43.7. The SMILES string of the molecule is CCCCCC/C=C\CCCCCCCC(=O)NC(COP(=O)(O)OCC[N+](C)(C)C)C(O)CCCCCCCCCCCCCCCCCCCCCCCCCCCCCC. The molecule has 0 aromatic heterocycles. The summed E-state index contributed by atoms with van der Waals surface area (Å²) in [6.45, 7) is 4.90. The molecule has 1 amide bonds. The lowest BCUT2D eigenvalue weighted by Crippen LogP contribution is -2.46. The summed E-state index contributed by atoms with van der Waals surface area (Å²) in [6.07, 6.45) is 55.6. The molecular weight excluding hydrogens is 804 g/mol. The molecule has 0 radical (unpaired) electrons. The average Bonchev–Trinajstić information content (AvgIpc) is 3.24. The van der Waals surface area contributed by atoms with Gasteiger partial charge in [0.05, 0.1) is 39.9 Å². The number of aliphatic hydroxyl groups excluding tert-OH is 1. The second kappa shape index (κ2) is 46.4. The highest BCUT2D eigenvalue weighted by atomic mass is 31.2. The molecule has 0 spiro atoms. The van der Waals surface area contributed by atoms with Crippen LogP contribution in [0.4, 0.5) is 0 Å². The summed E-state index contributed by atoms with van der Waals surface area (Å²) in [6, 6.07) is -0.761. The molecule has 8 nitrogen and oxygen atoms in total. The van der Waals surface area contributed by atoms with Crippen LogP contribution in [0.15, 0.2) is 12.2 Å². The fourth-order valence-electron chi connectivity index (χ4n) is 8.40. The summed E-state index contributed by atoms with van der Waals surface area (Å²) in [5, 5.41) is 14.0. The molecule has 0 aromatic carbocycles. The zero-order chi connectivity index (χ0) is 46.4. The van der Waals surface area contributed by atoms with Crippen molar-refractivity contribution >= 4 is 13.7 Å². The van der Waals surface area contributed by atoms with Crippen LogP contribution in [0.2, 0.25) is 0 Å². The third-order valence-electron chi connectivity index (χ3n) is 12.8. The number of carbonyl (C=O) groups excluding carboxylic acids is 1. The molecule has 0 aliphatic heterocycles. The Morgan fingerprint density at radius 2 is 0.857 bits per heavy atom. The molecule has 0 saturated carbocycles. The number of amides is 1. The summed E-state index contributed by atoms with van der Waals surface area (Å²) in [4.78, 5) is 23.2. The van der Waals surface area contributed by atoms with Crippen molar-refractivity contribution in [3.63, 3.8) is 0 Å². The number of hydrogen-bond acceptors (Lipinski definition) is 5. The normalized spacial score (nSPS) is 14.1. The van der Waals surface area contributed by atoms with Crippen molar-refractivity contribution in [2.24, 2.45) is 0 Å². The first-order chi connectivity index (χ1) is 30.5. The second-order valence-corrected chi connectivity index (χ2v) is 21.8. The van der Waals surface area contributed by atoms with Gasteiger partial charge in [-0.25, -0.2) is 4.57 Å². The van der Waals surface area contributed by atoms with E-state index in [1.807, 2.05) is 21.1 Å². The molecule has 9 heteroatoms. The molecule has 0 aliphatic carbocycles. The Labute approximate surface area is 392 Å². The number of rotatable bonds is 51. The van der Waals surface area contributed by atoms with Crippen molar-refractivity contribution in [1.82, 2.24) is 5.32 Å². The number of allylic oxidation sites excluding steroid dienone is 2. The number of phosphoric acid groups is 1. The first-order valence-corrected chi connectivity index (χ1v) is 29.0. The van der Waals surface area contributed by atoms with Crippen LogP contribution in [0.25, 0.3) is 0 Å². The Morgan fingerprint density at radius 3 is 1.24 bits per heavy atom. The molecule has 3 unspecified atom stereocenters. The molecule has 0 heterocycles. The van der Waals surface area contributed by atoms with Crippen molar-refractivity contribution in [3.8, 4) is 0 Å². The van der Waals surface area contributed by atoms with Gasteiger partial charge < -0.3 is 19.8 Å². The van der Waals surface area contributed by atoms with E-state index in [4.69, 9.17) is 9.05 Å². The molecule has 0 aliphatic rings. The highest BCUT2D eigenvalue weighted by Gasteiger charge is 2.28. The summed E-state index contributed by atoms with van der Waals surface area (Å²) in [5.74, 6) is -0.150. The van der Waals surface area contributed by atoms with Crippen molar-refractivity contribution in [2.75, 3.05) is 40.9 Å². The van der Waals surface area contributed by atoms with Crippen LogP contribution < -0.4 is 5.32 Å². The predicted octanol–water partition coefficient (Wildman–Crippen LogP) is 16.3. The van der Waals surface area contributed by atoms with Gasteiger partial charge in [-0.3, -0.25) is 13.8 Å². The van der Waals surface area contributed by atoms with Crippen LogP contribution >= 0.6 is 7.82 Å². The lowest BCUT2D eigenvalue weighted by molar-refractivity contribution is -0.870. The van der Waals surface area contributed by atoms with Crippen molar-refractivity contribution in [3.05, 3.63) is 12.2 Å². The van der Waals surface area contributed by atoms with E-state index in [1.54, 1.807) is 0 Å². The maximum atomic E-state index is 12.9.